The molecule has 0 aromatic heterocycles. The van der Waals surface area contributed by atoms with Crippen molar-refractivity contribution in [2.45, 2.75) is 13.8 Å². The number of methoxy groups -OCH3 is 2. The van der Waals surface area contributed by atoms with Gasteiger partial charge < -0.3 is 14.4 Å². The van der Waals surface area contributed by atoms with Gasteiger partial charge in [0, 0.05) is 25.8 Å². The van der Waals surface area contributed by atoms with Crippen molar-refractivity contribution in [3.63, 3.8) is 0 Å². The van der Waals surface area contributed by atoms with E-state index in [1.54, 1.807) is 32.4 Å². The van der Waals surface area contributed by atoms with E-state index in [1.165, 1.54) is 0 Å². The molecule has 0 aliphatic heterocycles. The lowest BCUT2D eigenvalue weighted by molar-refractivity contribution is 0.0672. The summed E-state index contributed by atoms with van der Waals surface area (Å²) < 4.78 is 11.0. The molecule has 0 saturated heterocycles. The van der Waals surface area contributed by atoms with Gasteiger partial charge in [0.2, 0.25) is 0 Å². The molecule has 5 heteroatoms. The fraction of sp³-hybridized carbons (Fsp3) is 0.533. The van der Waals surface area contributed by atoms with Gasteiger partial charge in [-0.25, -0.2) is 0 Å². The zero-order chi connectivity index (χ0) is 15.1. The van der Waals surface area contributed by atoms with Crippen LogP contribution in [0.4, 0.5) is 0 Å². The predicted molar refractivity (Wildman–Crippen MR) is 83.3 cm³/mol. The number of ether oxygens (including phenoxy) is 2. The summed E-state index contributed by atoms with van der Waals surface area (Å²) in [6.45, 7) is 6.03. The number of hydrogen-bond acceptors (Lipinski definition) is 3. The number of hydrogen-bond donors (Lipinski definition) is 0. The van der Waals surface area contributed by atoms with Crippen LogP contribution in [-0.4, -0.2) is 44.7 Å². The first-order valence-corrected chi connectivity index (χ1v) is 7.40. The van der Waals surface area contributed by atoms with Gasteiger partial charge in [0.15, 0.2) is 0 Å². The highest BCUT2D eigenvalue weighted by molar-refractivity contribution is 9.10. The van der Waals surface area contributed by atoms with Crippen molar-refractivity contribution in [2.75, 3.05) is 33.9 Å². The summed E-state index contributed by atoms with van der Waals surface area (Å²) in [5.41, 5.74) is 0.648. The van der Waals surface area contributed by atoms with Gasteiger partial charge in [0.05, 0.1) is 18.2 Å². The molecule has 0 aliphatic carbocycles. The Balaban J connectivity index is 2.90. The Bertz CT molecular complexity index is 449. The number of carbonyl (C=O) groups excluding carboxylic acids is 1. The molecule has 0 radical (unpaired) electrons. The molecule has 0 fully saturated rings. The smallest absolute Gasteiger partial charge is 0.253 e. The topological polar surface area (TPSA) is 38.8 Å². The largest absolute Gasteiger partial charge is 0.496 e. The predicted octanol–water partition coefficient (Wildman–Crippen LogP) is 3.20. The number of carbonyl (C=O) groups is 1. The third-order valence-corrected chi connectivity index (χ3v) is 3.46. The number of benzene rings is 1. The van der Waals surface area contributed by atoms with E-state index in [0.717, 1.165) is 4.47 Å². The first kappa shape index (κ1) is 17.0. The highest BCUT2D eigenvalue weighted by Gasteiger charge is 2.17. The van der Waals surface area contributed by atoms with E-state index in [4.69, 9.17) is 9.47 Å². The van der Waals surface area contributed by atoms with Crippen LogP contribution in [0.5, 0.6) is 5.75 Å². The third-order valence-electron chi connectivity index (χ3n) is 2.84. The van der Waals surface area contributed by atoms with E-state index in [-0.39, 0.29) is 5.91 Å². The summed E-state index contributed by atoms with van der Waals surface area (Å²) in [5.74, 6) is 1.14. The van der Waals surface area contributed by atoms with Gasteiger partial charge in [-0.15, -0.1) is 0 Å². The van der Waals surface area contributed by atoms with Crippen LogP contribution in [0.2, 0.25) is 0 Å². The second-order valence-electron chi connectivity index (χ2n) is 4.99. The summed E-state index contributed by atoms with van der Waals surface area (Å²) in [5, 5.41) is 0. The van der Waals surface area contributed by atoms with Gasteiger partial charge >= 0.3 is 0 Å². The van der Waals surface area contributed by atoms with Crippen molar-refractivity contribution in [1.82, 2.24) is 4.90 Å². The molecule has 0 bridgehead atoms. The maximum atomic E-state index is 12.5. The second kappa shape index (κ2) is 8.27. The second-order valence-corrected chi connectivity index (χ2v) is 5.84. The number of amides is 1. The first-order valence-electron chi connectivity index (χ1n) is 6.61. The highest BCUT2D eigenvalue weighted by atomic mass is 79.9. The van der Waals surface area contributed by atoms with Gasteiger partial charge in [-0.3, -0.25) is 4.79 Å². The zero-order valence-corrected chi connectivity index (χ0v) is 14.1. The Labute approximate surface area is 129 Å². The molecule has 0 aliphatic rings. The van der Waals surface area contributed by atoms with Crippen LogP contribution in [0.1, 0.15) is 24.2 Å². The van der Waals surface area contributed by atoms with E-state index < -0.39 is 0 Å². The quantitative estimate of drug-likeness (QED) is 0.763. The van der Waals surface area contributed by atoms with Gasteiger partial charge in [-0.2, -0.15) is 0 Å². The molecule has 4 nitrogen and oxygen atoms in total. The summed E-state index contributed by atoms with van der Waals surface area (Å²) in [6, 6.07) is 5.37. The fourth-order valence-electron chi connectivity index (χ4n) is 1.90. The maximum absolute atomic E-state index is 12.5. The lowest BCUT2D eigenvalue weighted by Gasteiger charge is -2.24. The summed E-state index contributed by atoms with van der Waals surface area (Å²) in [6.07, 6.45) is 0. The van der Waals surface area contributed by atoms with Crippen molar-refractivity contribution in [2.24, 2.45) is 5.92 Å². The van der Waals surface area contributed by atoms with E-state index in [1.807, 2.05) is 4.90 Å². The van der Waals surface area contributed by atoms with Gasteiger partial charge in [-0.1, -0.05) is 13.8 Å². The van der Waals surface area contributed by atoms with E-state index in [9.17, 15) is 4.79 Å². The molecule has 0 spiro atoms. The molecule has 0 saturated carbocycles. The SMILES string of the molecule is COCCN(CC(C)C)C(=O)c1ccc(OC)c(Br)c1. The lowest BCUT2D eigenvalue weighted by atomic mass is 10.1. The minimum absolute atomic E-state index is 0.0131. The van der Waals surface area contributed by atoms with Crippen LogP contribution in [0, 0.1) is 5.92 Å². The van der Waals surface area contributed by atoms with Crippen LogP contribution in [0.15, 0.2) is 22.7 Å². The molecule has 0 unspecified atom stereocenters. The standard InChI is InChI=1S/C15H22BrNO3/c1-11(2)10-17(7-8-19-3)15(18)12-5-6-14(20-4)13(16)9-12/h5-6,9,11H,7-8,10H2,1-4H3. The molecule has 0 atom stereocenters. The number of halogens is 1. The molecule has 20 heavy (non-hydrogen) atoms. The molecule has 1 amide bonds. The van der Waals surface area contributed by atoms with Crippen LogP contribution in [-0.2, 0) is 4.74 Å². The lowest BCUT2D eigenvalue weighted by Crippen LogP contribution is -2.36. The molecule has 112 valence electrons. The molecule has 0 N–H and O–H groups in total. The van der Waals surface area contributed by atoms with Crippen molar-refractivity contribution in [3.8, 4) is 5.75 Å². The third kappa shape index (κ3) is 4.80. The van der Waals surface area contributed by atoms with Crippen LogP contribution >= 0.6 is 15.9 Å². The molecule has 0 heterocycles. The molecule has 1 aromatic rings. The summed E-state index contributed by atoms with van der Waals surface area (Å²) >= 11 is 3.41. The van der Waals surface area contributed by atoms with Crippen molar-refractivity contribution in [1.29, 1.82) is 0 Å². The summed E-state index contributed by atoms with van der Waals surface area (Å²) in [7, 11) is 3.24. The van der Waals surface area contributed by atoms with E-state index in [0.29, 0.717) is 36.9 Å². The van der Waals surface area contributed by atoms with Crippen molar-refractivity contribution < 1.29 is 14.3 Å². The first-order chi connectivity index (χ1) is 9.49. The Morgan fingerprint density at radius 2 is 2.05 bits per heavy atom. The van der Waals surface area contributed by atoms with Crippen molar-refractivity contribution in [3.05, 3.63) is 28.2 Å². The van der Waals surface area contributed by atoms with E-state index >= 15 is 0 Å². The Kier molecular flexibility index (Phi) is 7.02. The van der Waals surface area contributed by atoms with Crippen molar-refractivity contribution >= 4 is 21.8 Å². The molecular formula is C15H22BrNO3. The maximum Gasteiger partial charge on any atom is 0.253 e. The van der Waals surface area contributed by atoms with Gasteiger partial charge in [0.25, 0.3) is 5.91 Å². The fourth-order valence-corrected chi connectivity index (χ4v) is 2.44. The Hall–Kier alpha value is -1.07. The monoisotopic (exact) mass is 343 g/mol. The average Bonchev–Trinajstić information content (AvgIpc) is 2.42. The zero-order valence-electron chi connectivity index (χ0n) is 12.5. The Morgan fingerprint density at radius 3 is 2.55 bits per heavy atom. The normalized spacial score (nSPS) is 10.7. The average molecular weight is 344 g/mol. The molecule has 1 rings (SSSR count). The summed E-state index contributed by atoms with van der Waals surface area (Å²) in [4.78, 5) is 14.4. The minimum Gasteiger partial charge on any atom is -0.496 e. The minimum atomic E-state index is 0.0131. The van der Waals surface area contributed by atoms with Crippen LogP contribution in [0.25, 0.3) is 0 Å². The van der Waals surface area contributed by atoms with Crippen LogP contribution in [0.3, 0.4) is 0 Å². The molecule has 1 aromatic carbocycles. The number of rotatable bonds is 7. The van der Waals surface area contributed by atoms with Gasteiger partial charge in [-0.05, 0) is 40.0 Å². The van der Waals surface area contributed by atoms with E-state index in [2.05, 4.69) is 29.8 Å². The van der Waals surface area contributed by atoms with Crippen LogP contribution < -0.4 is 4.74 Å². The Morgan fingerprint density at radius 1 is 1.35 bits per heavy atom. The number of nitrogens with zero attached hydrogens (tertiary/aromatic N) is 1. The van der Waals surface area contributed by atoms with Gasteiger partial charge in [0.1, 0.15) is 5.75 Å². The molecular weight excluding hydrogens is 322 g/mol. The highest BCUT2D eigenvalue weighted by Crippen LogP contribution is 2.26.